The first-order valence-corrected chi connectivity index (χ1v) is 29.9. The van der Waals surface area contributed by atoms with Crippen molar-refractivity contribution < 1.29 is 69.3 Å². The highest BCUT2D eigenvalue weighted by atomic mass is 19.4. The van der Waals surface area contributed by atoms with Crippen LogP contribution in [0.1, 0.15) is 107 Å². The van der Waals surface area contributed by atoms with Gasteiger partial charge >= 0.3 is 6.18 Å². The molecule has 6 N–H and O–H groups in total. The number of hydrogen-bond acceptors (Lipinski definition) is 12. The van der Waals surface area contributed by atoms with Gasteiger partial charge in [0.05, 0.1) is 41.7 Å². The van der Waals surface area contributed by atoms with Gasteiger partial charge in [-0.15, -0.1) is 0 Å². The molecule has 1 aliphatic carbocycles. The molecule has 4 fully saturated rings. The molecule has 1 aromatic carbocycles. The molecular weight excluding hydrogens is 1190 g/mol. The van der Waals surface area contributed by atoms with Crippen LogP contribution in [-0.2, 0) is 20.9 Å². The monoisotopic (exact) mass is 1260 g/mol. The Balaban J connectivity index is 0.000000162. The molecule has 3 aliphatic heterocycles. The third-order valence-corrected chi connectivity index (χ3v) is 16.0. The van der Waals surface area contributed by atoms with E-state index < -0.39 is 42.9 Å². The van der Waals surface area contributed by atoms with E-state index in [1.165, 1.54) is 49.0 Å². The smallest absolute Gasteiger partial charge is 0.390 e. The average Bonchev–Trinajstić information content (AvgIpc) is 3.05. The summed E-state index contributed by atoms with van der Waals surface area (Å²) in [5.74, 6) is -3.09. The number of hydrogen-bond donors (Lipinski definition) is 6. The van der Waals surface area contributed by atoms with Crippen LogP contribution in [0.15, 0.2) is 118 Å². The van der Waals surface area contributed by atoms with Crippen LogP contribution in [0.4, 0.5) is 26.3 Å². The van der Waals surface area contributed by atoms with Crippen LogP contribution < -0.4 is 30.2 Å². The van der Waals surface area contributed by atoms with E-state index in [4.69, 9.17) is 14.2 Å². The lowest BCUT2D eigenvalue weighted by atomic mass is 9.92. The van der Waals surface area contributed by atoms with Crippen LogP contribution in [0.5, 0.6) is 17.2 Å². The van der Waals surface area contributed by atoms with Gasteiger partial charge in [0.15, 0.2) is 0 Å². The molecule has 9 heterocycles. The van der Waals surface area contributed by atoms with E-state index in [1.54, 1.807) is 63.6 Å². The first-order valence-electron chi connectivity index (χ1n) is 29.9. The van der Waals surface area contributed by atoms with E-state index >= 15 is 0 Å². The van der Waals surface area contributed by atoms with Crippen LogP contribution in [0.25, 0.3) is 33.1 Å². The number of H-pyrrole nitrogens is 3. The Bertz CT molecular complexity index is 3770. The summed E-state index contributed by atoms with van der Waals surface area (Å²) in [6, 6.07) is 10.7. The second-order valence-electron chi connectivity index (χ2n) is 22.4. The fraction of sp³-hybridized carbons (Fsp3) is 0.391. The number of fused-ring (bicyclic) bond motifs is 3. The molecule has 0 spiro atoms. The predicted molar refractivity (Wildman–Crippen MR) is 325 cm³/mol. The van der Waals surface area contributed by atoms with Gasteiger partial charge in [-0.3, -0.25) is 28.8 Å². The maximum atomic E-state index is 13.7. The maximum Gasteiger partial charge on any atom is 0.390 e. The number of carbonyl (C=O) groups excluding carboxylic acids is 6. The third kappa shape index (κ3) is 17.8. The summed E-state index contributed by atoms with van der Waals surface area (Å²) in [6.45, 7) is 13.8. The minimum Gasteiger partial charge on any atom is -0.489 e. The standard InChI is InChI=1S/C23H23FN4O3.C22H26F2N4O3.C19H21F3N4O3/c1-2-21(29)28-8-6-17(7-9-28)31-18-11-19-20(14-26-22(19)25-13-18)23(30)27-12-15-4-3-5-16(24)10-15;1-2-19(29)28-8-5-15(6-9-28)31-16-10-17-18(13-26-20(17)25-12-16)21(30)27-14-4-3-7-22(23,24)11-14;1-2-16(27)26-7-3-12(4-8-26)29-13-9-14-15(11-25-17(14)24-10-13)18(28)23-6-5-19(20,21)22/h2-5,10-11,13-14,17H,1,6-9,12H2,(H,25,26)(H,27,30);2,10,12-15H,1,3-9,11H2,(H,25,26)(H,27,30);2,9-12H,1,3-8H2,(H,23,28)(H,24,25). The van der Waals surface area contributed by atoms with Gasteiger partial charge < -0.3 is 59.8 Å². The molecule has 482 valence electrons. The quantitative estimate of drug-likeness (QED) is 0.0368. The van der Waals surface area contributed by atoms with Crippen molar-refractivity contribution in [1.29, 1.82) is 0 Å². The molecule has 7 aromatic rings. The number of aromatic nitrogens is 6. The summed E-state index contributed by atoms with van der Waals surface area (Å²) in [5.41, 5.74) is 3.21. The molecule has 1 atom stereocenters. The Kier molecular flexibility index (Phi) is 21.5. The van der Waals surface area contributed by atoms with Gasteiger partial charge in [-0.2, -0.15) is 13.2 Å². The first kappa shape index (κ1) is 65.7. The third-order valence-electron chi connectivity index (χ3n) is 16.0. The van der Waals surface area contributed by atoms with Crippen molar-refractivity contribution in [3.05, 3.63) is 146 Å². The molecule has 1 saturated carbocycles. The zero-order valence-electron chi connectivity index (χ0n) is 49.7. The lowest BCUT2D eigenvalue weighted by molar-refractivity contribution is -0.133. The summed E-state index contributed by atoms with van der Waals surface area (Å²) in [4.78, 5) is 99.5. The van der Waals surface area contributed by atoms with Gasteiger partial charge in [0, 0.05) is 145 Å². The summed E-state index contributed by atoms with van der Waals surface area (Å²) in [5, 5.41) is 9.49. The van der Waals surface area contributed by atoms with Crippen molar-refractivity contribution in [3.63, 3.8) is 0 Å². The zero-order chi connectivity index (χ0) is 64.8. The lowest BCUT2D eigenvalue weighted by Crippen LogP contribution is -2.42. The van der Waals surface area contributed by atoms with Crippen LogP contribution in [0.3, 0.4) is 0 Å². The summed E-state index contributed by atoms with van der Waals surface area (Å²) >= 11 is 0. The number of nitrogens with zero attached hydrogens (tertiary/aromatic N) is 6. The number of rotatable bonds is 17. The zero-order valence-corrected chi connectivity index (χ0v) is 49.7. The number of carbonyl (C=O) groups is 6. The van der Waals surface area contributed by atoms with Gasteiger partial charge in [0.2, 0.25) is 23.6 Å². The number of nitrogens with one attached hydrogen (secondary N) is 6. The van der Waals surface area contributed by atoms with Crippen molar-refractivity contribution in [2.75, 3.05) is 45.8 Å². The van der Waals surface area contributed by atoms with Gasteiger partial charge in [0.25, 0.3) is 17.7 Å². The Hall–Kier alpha value is -9.69. The topological polar surface area (TPSA) is 262 Å². The normalized spacial score (nSPS) is 17.2. The van der Waals surface area contributed by atoms with Crippen molar-refractivity contribution in [1.82, 2.24) is 60.6 Å². The largest absolute Gasteiger partial charge is 0.489 e. The molecule has 27 heteroatoms. The molecule has 4 aliphatic rings. The molecule has 11 rings (SSSR count). The number of benzene rings is 1. The van der Waals surface area contributed by atoms with E-state index in [2.05, 4.69) is 65.6 Å². The maximum absolute atomic E-state index is 13.7. The van der Waals surface area contributed by atoms with E-state index in [0.717, 1.165) is 0 Å². The highest BCUT2D eigenvalue weighted by Gasteiger charge is 2.37. The summed E-state index contributed by atoms with van der Waals surface area (Å²) in [6.07, 6.45) is 12.1. The number of amides is 6. The van der Waals surface area contributed by atoms with E-state index in [0.29, 0.717) is 158 Å². The van der Waals surface area contributed by atoms with Gasteiger partial charge in [-0.05, 0) is 67.0 Å². The second kappa shape index (κ2) is 29.7. The van der Waals surface area contributed by atoms with Crippen molar-refractivity contribution in [3.8, 4) is 17.2 Å². The lowest BCUT2D eigenvalue weighted by Gasteiger charge is -2.31. The number of halogens is 6. The molecule has 0 bridgehead atoms. The Morgan fingerprint density at radius 3 is 1.38 bits per heavy atom. The predicted octanol–water partition coefficient (Wildman–Crippen LogP) is 9.42. The molecule has 91 heavy (non-hydrogen) atoms. The van der Waals surface area contributed by atoms with E-state index in [9.17, 15) is 55.1 Å². The van der Waals surface area contributed by atoms with E-state index in [-0.39, 0.29) is 72.7 Å². The van der Waals surface area contributed by atoms with Crippen LogP contribution in [-0.4, -0.2) is 162 Å². The number of pyridine rings is 3. The Morgan fingerprint density at radius 2 is 1.00 bits per heavy atom. The second-order valence-corrected chi connectivity index (χ2v) is 22.4. The number of ether oxygens (including phenoxy) is 3. The van der Waals surface area contributed by atoms with Gasteiger partial charge in [-0.1, -0.05) is 31.9 Å². The molecule has 3 saturated heterocycles. The van der Waals surface area contributed by atoms with Crippen LogP contribution in [0, 0.1) is 5.82 Å². The van der Waals surface area contributed by atoms with Gasteiger partial charge in [0.1, 0.15) is 58.3 Å². The number of aromatic amines is 3. The average molecular weight is 1270 g/mol. The van der Waals surface area contributed by atoms with Crippen LogP contribution >= 0.6 is 0 Å². The minimum atomic E-state index is -4.33. The van der Waals surface area contributed by atoms with E-state index in [1.807, 2.05) is 0 Å². The highest BCUT2D eigenvalue weighted by molar-refractivity contribution is 6.08. The molecular formula is C64H70F6N12O9. The SMILES string of the molecule is C=CC(=O)N1CCC(Oc2cnc3[nH]cc(C(=O)NC4CCCC(F)(F)C4)c3c2)CC1.C=CC(=O)N1CCC(Oc2cnc3[nH]cc(C(=O)NCCC(F)(F)F)c3c2)CC1.C=CC(=O)N1CCC(Oc2cnc3[nH]cc(C(=O)NCc4cccc(F)c4)c3c2)CC1. The molecule has 21 nitrogen and oxygen atoms in total. The van der Waals surface area contributed by atoms with Crippen LogP contribution in [0.2, 0.25) is 0 Å². The Labute approximate surface area is 519 Å². The fourth-order valence-corrected chi connectivity index (χ4v) is 11.2. The molecule has 6 aromatic heterocycles. The van der Waals surface area contributed by atoms with Crippen molar-refractivity contribution in [2.24, 2.45) is 0 Å². The van der Waals surface area contributed by atoms with Gasteiger partial charge in [-0.25, -0.2) is 28.1 Å². The summed E-state index contributed by atoms with van der Waals surface area (Å²) in [7, 11) is 0. The highest BCUT2D eigenvalue weighted by Crippen LogP contribution is 2.34. The Morgan fingerprint density at radius 1 is 0.593 bits per heavy atom. The van der Waals surface area contributed by atoms with Crippen molar-refractivity contribution in [2.45, 2.75) is 114 Å². The molecule has 6 amide bonds. The first-order chi connectivity index (χ1) is 43.6. The number of likely N-dealkylation sites (tertiary alicyclic amines) is 3. The fourth-order valence-electron chi connectivity index (χ4n) is 11.2. The number of alkyl halides is 5. The minimum absolute atomic E-state index is 0.0303. The van der Waals surface area contributed by atoms with Crippen molar-refractivity contribution >= 4 is 68.5 Å². The number of piperidine rings is 3. The molecule has 0 radical (unpaired) electrons. The summed E-state index contributed by atoms with van der Waals surface area (Å²) < 4.78 is 95.4. The molecule has 1 unspecified atom stereocenters.